The van der Waals surface area contributed by atoms with Crippen molar-refractivity contribution in [3.63, 3.8) is 0 Å². The Bertz CT molecular complexity index is 1110. The van der Waals surface area contributed by atoms with Crippen molar-refractivity contribution < 1.29 is 28.5 Å². The van der Waals surface area contributed by atoms with Crippen LogP contribution in [0, 0.1) is 0 Å². The van der Waals surface area contributed by atoms with Gasteiger partial charge in [-0.25, -0.2) is 5.43 Å². The van der Waals surface area contributed by atoms with E-state index in [1.165, 1.54) is 13.3 Å². The van der Waals surface area contributed by atoms with Crippen LogP contribution in [-0.4, -0.2) is 45.5 Å². The highest BCUT2D eigenvalue weighted by Gasteiger charge is 2.06. The summed E-state index contributed by atoms with van der Waals surface area (Å²) in [5.74, 6) is 1.55. The maximum Gasteiger partial charge on any atom is 0.277 e. The van der Waals surface area contributed by atoms with Crippen molar-refractivity contribution in [3.8, 4) is 23.0 Å². The van der Waals surface area contributed by atoms with Crippen molar-refractivity contribution in [2.24, 2.45) is 5.10 Å². The molecule has 176 valence electrons. The van der Waals surface area contributed by atoms with Gasteiger partial charge in [0.2, 0.25) is 0 Å². The summed E-state index contributed by atoms with van der Waals surface area (Å²) in [4.78, 5) is 24.0. The Morgan fingerprint density at radius 1 is 0.765 bits per heavy atom. The summed E-state index contributed by atoms with van der Waals surface area (Å²) in [6.45, 7) is -0.342. The average Bonchev–Trinajstić information content (AvgIpc) is 2.87. The second-order valence-corrected chi connectivity index (χ2v) is 6.87. The van der Waals surface area contributed by atoms with Crippen molar-refractivity contribution in [2.45, 2.75) is 0 Å². The maximum atomic E-state index is 12.0. The van der Waals surface area contributed by atoms with Crippen LogP contribution in [0.3, 0.4) is 0 Å². The first kappa shape index (κ1) is 24.1. The van der Waals surface area contributed by atoms with Crippen LogP contribution in [0.1, 0.15) is 5.56 Å². The van der Waals surface area contributed by atoms with E-state index in [-0.39, 0.29) is 19.1 Å². The molecule has 0 heterocycles. The van der Waals surface area contributed by atoms with E-state index < -0.39 is 5.91 Å². The number of nitrogens with zero attached hydrogens (tertiary/aromatic N) is 1. The Morgan fingerprint density at radius 3 is 2.09 bits per heavy atom. The summed E-state index contributed by atoms with van der Waals surface area (Å²) in [7, 11) is 3.11. The van der Waals surface area contributed by atoms with E-state index in [0.717, 1.165) is 5.56 Å². The molecule has 3 rings (SSSR count). The number of anilines is 1. The number of hydrogen-bond donors (Lipinski definition) is 2. The van der Waals surface area contributed by atoms with Gasteiger partial charge in [-0.05, 0) is 66.2 Å². The SMILES string of the molecule is COc1ccc(NC(=O)COc2ccc(/C=N\NC(=O)COc3ccccc3OC)cc2)cc1. The topological polar surface area (TPSA) is 107 Å². The van der Waals surface area contributed by atoms with Crippen LogP contribution in [0.25, 0.3) is 0 Å². The lowest BCUT2D eigenvalue weighted by molar-refractivity contribution is -0.123. The lowest BCUT2D eigenvalue weighted by Gasteiger charge is -2.09. The molecule has 34 heavy (non-hydrogen) atoms. The van der Waals surface area contributed by atoms with Gasteiger partial charge in [0.25, 0.3) is 11.8 Å². The molecule has 0 aliphatic carbocycles. The molecule has 2 N–H and O–H groups in total. The number of hydrogen-bond acceptors (Lipinski definition) is 7. The quantitative estimate of drug-likeness (QED) is 0.334. The first-order valence-corrected chi connectivity index (χ1v) is 10.3. The summed E-state index contributed by atoms with van der Waals surface area (Å²) >= 11 is 0. The monoisotopic (exact) mass is 463 g/mol. The Balaban J connectivity index is 1.39. The Hall–Kier alpha value is -4.53. The van der Waals surface area contributed by atoms with Gasteiger partial charge in [0.15, 0.2) is 24.7 Å². The number of methoxy groups -OCH3 is 2. The zero-order valence-corrected chi connectivity index (χ0v) is 18.8. The van der Waals surface area contributed by atoms with Gasteiger partial charge in [0.05, 0.1) is 20.4 Å². The Kier molecular flexibility index (Phi) is 8.86. The van der Waals surface area contributed by atoms with Gasteiger partial charge < -0.3 is 24.3 Å². The molecule has 0 atom stereocenters. The van der Waals surface area contributed by atoms with Crippen LogP contribution in [0.2, 0.25) is 0 Å². The molecular formula is C25H25N3O6. The minimum absolute atomic E-state index is 0.137. The molecule has 9 nitrogen and oxygen atoms in total. The highest BCUT2D eigenvalue weighted by Crippen LogP contribution is 2.25. The second-order valence-electron chi connectivity index (χ2n) is 6.87. The third kappa shape index (κ3) is 7.56. The molecule has 3 aromatic carbocycles. The Labute approximate surface area is 197 Å². The molecule has 0 aliphatic rings. The molecular weight excluding hydrogens is 438 g/mol. The number of carbonyl (C=O) groups excluding carboxylic acids is 2. The number of carbonyl (C=O) groups is 2. The third-order valence-electron chi connectivity index (χ3n) is 4.45. The number of ether oxygens (including phenoxy) is 4. The summed E-state index contributed by atoms with van der Waals surface area (Å²) in [6, 6.07) is 21.0. The average molecular weight is 463 g/mol. The van der Waals surface area contributed by atoms with Crippen LogP contribution in [0.4, 0.5) is 5.69 Å². The molecule has 0 bridgehead atoms. The van der Waals surface area contributed by atoms with Crippen molar-refractivity contribution in [1.82, 2.24) is 5.43 Å². The number of benzene rings is 3. The fraction of sp³-hybridized carbons (Fsp3) is 0.160. The molecule has 0 aliphatic heterocycles. The van der Waals surface area contributed by atoms with Crippen LogP contribution in [0.15, 0.2) is 77.9 Å². The predicted molar refractivity (Wildman–Crippen MR) is 128 cm³/mol. The van der Waals surface area contributed by atoms with Crippen LogP contribution in [0.5, 0.6) is 23.0 Å². The number of para-hydroxylation sites is 2. The van der Waals surface area contributed by atoms with Crippen molar-refractivity contribution in [2.75, 3.05) is 32.8 Å². The van der Waals surface area contributed by atoms with Crippen LogP contribution < -0.4 is 29.7 Å². The molecule has 0 aromatic heterocycles. The van der Waals surface area contributed by atoms with E-state index in [0.29, 0.717) is 28.7 Å². The number of amides is 2. The fourth-order valence-corrected chi connectivity index (χ4v) is 2.76. The highest BCUT2D eigenvalue weighted by molar-refractivity contribution is 5.92. The highest BCUT2D eigenvalue weighted by atomic mass is 16.5. The molecule has 0 saturated heterocycles. The Morgan fingerprint density at radius 2 is 1.41 bits per heavy atom. The first-order valence-electron chi connectivity index (χ1n) is 10.3. The van der Waals surface area contributed by atoms with E-state index >= 15 is 0 Å². The van der Waals surface area contributed by atoms with Crippen molar-refractivity contribution >= 4 is 23.7 Å². The second kappa shape index (κ2) is 12.5. The minimum Gasteiger partial charge on any atom is -0.497 e. The van der Waals surface area contributed by atoms with Crippen molar-refractivity contribution in [3.05, 3.63) is 78.4 Å². The van der Waals surface area contributed by atoms with Crippen LogP contribution in [-0.2, 0) is 9.59 Å². The molecule has 0 saturated carbocycles. The van der Waals surface area contributed by atoms with Gasteiger partial charge in [-0.2, -0.15) is 5.10 Å². The summed E-state index contributed by atoms with van der Waals surface area (Å²) in [6.07, 6.45) is 1.49. The van der Waals surface area contributed by atoms with E-state index in [4.69, 9.17) is 18.9 Å². The van der Waals surface area contributed by atoms with E-state index in [1.54, 1.807) is 73.8 Å². The zero-order chi connectivity index (χ0) is 24.2. The third-order valence-corrected chi connectivity index (χ3v) is 4.45. The number of hydrazone groups is 1. The normalized spacial score (nSPS) is 10.4. The lowest BCUT2D eigenvalue weighted by Crippen LogP contribution is -2.24. The van der Waals surface area contributed by atoms with E-state index in [2.05, 4.69) is 15.8 Å². The predicted octanol–water partition coefficient (Wildman–Crippen LogP) is 3.25. The molecule has 9 heteroatoms. The van der Waals surface area contributed by atoms with Gasteiger partial charge in [-0.15, -0.1) is 0 Å². The first-order chi connectivity index (χ1) is 16.6. The smallest absolute Gasteiger partial charge is 0.277 e. The van der Waals surface area contributed by atoms with E-state index in [1.807, 2.05) is 6.07 Å². The van der Waals surface area contributed by atoms with E-state index in [9.17, 15) is 9.59 Å². The fourth-order valence-electron chi connectivity index (χ4n) is 2.76. The van der Waals surface area contributed by atoms with Gasteiger partial charge in [0, 0.05) is 5.69 Å². The van der Waals surface area contributed by atoms with Gasteiger partial charge >= 0.3 is 0 Å². The number of rotatable bonds is 11. The van der Waals surface area contributed by atoms with Gasteiger partial charge in [0.1, 0.15) is 11.5 Å². The zero-order valence-electron chi connectivity index (χ0n) is 18.8. The summed E-state index contributed by atoms with van der Waals surface area (Å²) in [5.41, 5.74) is 3.78. The summed E-state index contributed by atoms with van der Waals surface area (Å²) < 4.78 is 21.2. The van der Waals surface area contributed by atoms with Gasteiger partial charge in [-0.3, -0.25) is 9.59 Å². The molecule has 0 unspecified atom stereocenters. The van der Waals surface area contributed by atoms with Crippen LogP contribution >= 0.6 is 0 Å². The molecule has 0 fully saturated rings. The molecule has 0 radical (unpaired) electrons. The van der Waals surface area contributed by atoms with Crippen molar-refractivity contribution in [1.29, 1.82) is 0 Å². The van der Waals surface area contributed by atoms with Gasteiger partial charge in [-0.1, -0.05) is 12.1 Å². The lowest BCUT2D eigenvalue weighted by atomic mass is 10.2. The largest absolute Gasteiger partial charge is 0.497 e. The molecule has 2 amide bonds. The minimum atomic E-state index is -0.412. The maximum absolute atomic E-state index is 12.0. The standard InChI is InChI=1S/C25H25N3O6/c1-31-20-13-9-19(10-14-20)27-24(29)16-33-21-11-7-18(8-12-21)15-26-28-25(30)17-34-23-6-4-3-5-22(23)32-2/h3-15H,16-17H2,1-2H3,(H,27,29)(H,28,30)/b26-15-. The summed E-state index contributed by atoms with van der Waals surface area (Å²) in [5, 5.41) is 6.65. The molecule has 0 spiro atoms. The number of nitrogens with one attached hydrogen (secondary N) is 2. The molecule has 3 aromatic rings.